The van der Waals surface area contributed by atoms with E-state index in [1.807, 2.05) is 0 Å². The summed E-state index contributed by atoms with van der Waals surface area (Å²) in [5.74, 6) is 3.54. The first-order chi connectivity index (χ1) is 35.2. The molecule has 0 atom stereocenters. The normalized spacial score (nSPS) is 14.1. The van der Waals surface area contributed by atoms with Gasteiger partial charge >= 0.3 is 0 Å². The first kappa shape index (κ1) is 39.8. The fourth-order valence-electron chi connectivity index (χ4n) is 12.8. The molecule has 0 N–H and O–H groups in total. The first-order valence-corrected chi connectivity index (χ1v) is 24.5. The van der Waals surface area contributed by atoms with Gasteiger partial charge in [-0.15, -0.1) is 0 Å². The minimum atomic E-state index is -0.609. The molecule has 0 bridgehead atoms. The molecule has 71 heavy (non-hydrogen) atoms. The molecule has 0 saturated heterocycles. The quantitative estimate of drug-likeness (QED) is 0.172. The third-order valence-electron chi connectivity index (χ3n) is 15.6. The Bertz CT molecular complexity index is 3890. The van der Waals surface area contributed by atoms with Gasteiger partial charge in [0.1, 0.15) is 23.0 Å². The summed E-state index contributed by atoms with van der Waals surface area (Å²) < 4.78 is 13.4. The Morgan fingerprint density at radius 2 is 0.634 bits per heavy atom. The molecule has 0 radical (unpaired) electrons. The maximum absolute atomic E-state index is 6.73. The smallest absolute Gasteiger partial charge is 0.132 e. The number of fused-ring (bicyclic) bond motifs is 18. The molecule has 0 amide bonds. The van der Waals surface area contributed by atoms with Gasteiger partial charge in [0.05, 0.1) is 10.8 Å². The van der Waals surface area contributed by atoms with Crippen LogP contribution in [0.1, 0.15) is 44.5 Å². The zero-order chi connectivity index (χ0) is 46.7. The van der Waals surface area contributed by atoms with E-state index < -0.39 is 10.8 Å². The van der Waals surface area contributed by atoms with Gasteiger partial charge < -0.3 is 14.4 Å². The van der Waals surface area contributed by atoms with Gasteiger partial charge in [-0.25, -0.2) is 0 Å². The molecule has 3 nitrogen and oxygen atoms in total. The molecule has 4 aliphatic rings. The monoisotopic (exact) mass is 905 g/mol. The van der Waals surface area contributed by atoms with E-state index in [1.54, 1.807) is 0 Å². The van der Waals surface area contributed by atoms with Crippen LogP contribution in [0.15, 0.2) is 261 Å². The van der Waals surface area contributed by atoms with Crippen molar-refractivity contribution in [2.75, 3.05) is 4.90 Å². The zero-order valence-corrected chi connectivity index (χ0v) is 38.6. The number of ether oxygens (including phenoxy) is 2. The van der Waals surface area contributed by atoms with Crippen LogP contribution in [-0.2, 0) is 10.8 Å². The molecule has 0 aromatic heterocycles. The van der Waals surface area contributed by atoms with Crippen molar-refractivity contribution in [2.24, 2.45) is 0 Å². The molecule has 0 unspecified atom stereocenters. The van der Waals surface area contributed by atoms with Gasteiger partial charge in [-0.05, 0) is 127 Å². The molecule has 3 heteroatoms. The summed E-state index contributed by atoms with van der Waals surface area (Å²) in [4.78, 5) is 2.45. The van der Waals surface area contributed by atoms with E-state index in [0.29, 0.717) is 0 Å². The van der Waals surface area contributed by atoms with E-state index in [-0.39, 0.29) is 0 Å². The Morgan fingerprint density at radius 3 is 1.24 bits per heavy atom. The molecule has 332 valence electrons. The maximum Gasteiger partial charge on any atom is 0.132 e. The Morgan fingerprint density at radius 1 is 0.239 bits per heavy atom. The van der Waals surface area contributed by atoms with Crippen LogP contribution in [0.5, 0.6) is 23.0 Å². The fourth-order valence-corrected chi connectivity index (χ4v) is 12.8. The van der Waals surface area contributed by atoms with Crippen molar-refractivity contribution in [1.82, 2.24) is 0 Å². The van der Waals surface area contributed by atoms with Crippen molar-refractivity contribution < 1.29 is 9.47 Å². The number of hydrogen-bond donors (Lipinski definition) is 0. The molecule has 11 aromatic rings. The van der Waals surface area contributed by atoms with Crippen LogP contribution in [-0.4, -0.2) is 0 Å². The van der Waals surface area contributed by atoms with Gasteiger partial charge in [0, 0.05) is 39.3 Å². The number of hydrogen-bond acceptors (Lipinski definition) is 3. The second-order valence-corrected chi connectivity index (χ2v) is 19.0. The van der Waals surface area contributed by atoms with Crippen molar-refractivity contribution in [3.8, 4) is 67.5 Å². The molecular formula is C68H43NO2. The standard InChI is InChI=1S/C68H43NO2/c1-2-19-44(20-3-1)45-21-16-23-47(41-45)69(49-39-40-52-51-25-4-6-28-54(51)68(61(52)43-49)58-32-10-14-37-64(58)71-65-38-15-11-33-59(65)68)48-24-17-22-46(42-48)50-27-18-34-60-66(50)53-26-5-7-29-55(53)67(60)56-30-8-12-35-62(56)70-63-36-13-9-31-57(63)67/h1-43H. The summed E-state index contributed by atoms with van der Waals surface area (Å²) in [6.07, 6.45) is 0. The van der Waals surface area contributed by atoms with Crippen LogP contribution in [0.25, 0.3) is 44.5 Å². The molecule has 2 aliphatic heterocycles. The predicted molar refractivity (Wildman–Crippen MR) is 287 cm³/mol. The Kier molecular flexibility index (Phi) is 8.49. The van der Waals surface area contributed by atoms with Gasteiger partial charge in [-0.1, -0.05) is 200 Å². The second kappa shape index (κ2) is 15.2. The Labute approximate surface area is 413 Å². The zero-order valence-electron chi connectivity index (χ0n) is 38.6. The van der Waals surface area contributed by atoms with Crippen molar-refractivity contribution in [3.05, 3.63) is 305 Å². The van der Waals surface area contributed by atoms with Gasteiger partial charge in [0.2, 0.25) is 0 Å². The lowest BCUT2D eigenvalue weighted by Crippen LogP contribution is -2.32. The van der Waals surface area contributed by atoms with Gasteiger partial charge in [-0.3, -0.25) is 0 Å². The van der Waals surface area contributed by atoms with Crippen LogP contribution in [0.3, 0.4) is 0 Å². The maximum atomic E-state index is 6.73. The van der Waals surface area contributed by atoms with E-state index in [2.05, 4.69) is 266 Å². The Balaban J connectivity index is 0.964. The highest BCUT2D eigenvalue weighted by molar-refractivity contribution is 5.98. The van der Waals surface area contributed by atoms with E-state index in [9.17, 15) is 0 Å². The van der Waals surface area contributed by atoms with E-state index >= 15 is 0 Å². The number of nitrogens with zero attached hydrogens (tertiary/aromatic N) is 1. The summed E-state index contributed by atoms with van der Waals surface area (Å²) in [5, 5.41) is 0. The topological polar surface area (TPSA) is 21.7 Å². The molecule has 11 aromatic carbocycles. The number of para-hydroxylation sites is 4. The van der Waals surface area contributed by atoms with Crippen molar-refractivity contribution in [1.29, 1.82) is 0 Å². The second-order valence-electron chi connectivity index (χ2n) is 19.0. The predicted octanol–water partition coefficient (Wildman–Crippen LogP) is 17.4. The lowest BCUT2D eigenvalue weighted by atomic mass is 9.66. The SMILES string of the molecule is c1ccc(-c2cccc(N(c3cccc(-c4cccc5c4-c4ccccc4C54c5ccccc5Oc5ccccc54)c3)c3ccc4c(c3)C3(c5ccccc5Oc5ccccc53)c3ccccc3-4)c2)cc1. The van der Waals surface area contributed by atoms with Crippen molar-refractivity contribution in [2.45, 2.75) is 10.8 Å². The van der Waals surface area contributed by atoms with Crippen molar-refractivity contribution >= 4 is 17.1 Å². The fraction of sp³-hybridized carbons (Fsp3) is 0.0294. The minimum Gasteiger partial charge on any atom is -0.457 e. The Hall–Kier alpha value is -9.18. The van der Waals surface area contributed by atoms with Crippen LogP contribution in [0, 0.1) is 0 Å². The molecule has 2 aliphatic carbocycles. The minimum absolute atomic E-state index is 0.561. The van der Waals surface area contributed by atoms with E-state index in [0.717, 1.165) is 73.4 Å². The van der Waals surface area contributed by atoms with Crippen LogP contribution in [0.4, 0.5) is 17.1 Å². The van der Waals surface area contributed by atoms with Crippen molar-refractivity contribution in [3.63, 3.8) is 0 Å². The third kappa shape index (κ3) is 5.49. The van der Waals surface area contributed by atoms with Crippen LogP contribution < -0.4 is 14.4 Å². The highest BCUT2D eigenvalue weighted by Gasteiger charge is 2.53. The van der Waals surface area contributed by atoms with Crippen LogP contribution in [0.2, 0.25) is 0 Å². The summed E-state index contributed by atoms with van der Waals surface area (Å²) in [5.41, 5.74) is 21.3. The lowest BCUT2D eigenvalue weighted by molar-refractivity contribution is 0.436. The van der Waals surface area contributed by atoms with Crippen LogP contribution >= 0.6 is 0 Å². The average molecular weight is 906 g/mol. The molecule has 2 heterocycles. The summed E-state index contributed by atoms with van der Waals surface area (Å²) in [7, 11) is 0. The van der Waals surface area contributed by atoms with E-state index in [1.165, 1.54) is 55.6 Å². The highest BCUT2D eigenvalue weighted by Crippen LogP contribution is 2.65. The van der Waals surface area contributed by atoms with Gasteiger partial charge in [-0.2, -0.15) is 0 Å². The molecule has 15 rings (SSSR count). The molecule has 0 fully saturated rings. The molecule has 0 saturated carbocycles. The lowest BCUT2D eigenvalue weighted by Gasteiger charge is -2.39. The summed E-state index contributed by atoms with van der Waals surface area (Å²) in [6.45, 7) is 0. The summed E-state index contributed by atoms with van der Waals surface area (Å²) >= 11 is 0. The average Bonchev–Trinajstić information content (AvgIpc) is 3.90. The molecular weight excluding hydrogens is 863 g/mol. The van der Waals surface area contributed by atoms with Gasteiger partial charge in [0.25, 0.3) is 0 Å². The van der Waals surface area contributed by atoms with Gasteiger partial charge in [0.15, 0.2) is 0 Å². The highest BCUT2D eigenvalue weighted by atomic mass is 16.5. The third-order valence-corrected chi connectivity index (χ3v) is 15.6. The van der Waals surface area contributed by atoms with E-state index in [4.69, 9.17) is 9.47 Å². The first-order valence-electron chi connectivity index (χ1n) is 24.5. The summed E-state index contributed by atoms with van der Waals surface area (Å²) in [6, 6.07) is 95.2. The largest absolute Gasteiger partial charge is 0.457 e. The number of benzene rings is 11. The molecule has 2 spiro atoms. The number of anilines is 3. The number of rotatable bonds is 5.